The topological polar surface area (TPSA) is 75.3 Å². The van der Waals surface area contributed by atoms with E-state index in [1.54, 1.807) is 23.9 Å². The maximum atomic E-state index is 12.7. The van der Waals surface area contributed by atoms with Crippen LogP contribution in [-0.4, -0.2) is 41.6 Å². The summed E-state index contributed by atoms with van der Waals surface area (Å²) in [5.74, 6) is -0.335. The van der Waals surface area contributed by atoms with Crippen molar-refractivity contribution < 1.29 is 14.3 Å². The van der Waals surface area contributed by atoms with Crippen LogP contribution in [0.3, 0.4) is 0 Å². The fraction of sp³-hybridized carbons (Fsp3) is 0.588. The summed E-state index contributed by atoms with van der Waals surface area (Å²) in [5, 5.41) is 4.75. The third-order valence-electron chi connectivity index (χ3n) is 3.89. The average molecular weight is 366 g/mol. The Kier molecular flexibility index (Phi) is 6.18. The van der Waals surface area contributed by atoms with Crippen molar-refractivity contribution >= 4 is 24.9 Å². The SMILES string of the molecule is CCOC(=O)Cn1cc(C)c2c(=O)n(COCC[Si](C)(C)C)ncc21. The molecule has 0 spiro atoms. The minimum Gasteiger partial charge on any atom is -0.465 e. The Morgan fingerprint density at radius 1 is 1.32 bits per heavy atom. The van der Waals surface area contributed by atoms with Crippen LogP contribution >= 0.6 is 0 Å². The Labute approximate surface area is 148 Å². The molecule has 0 N–H and O–H groups in total. The molecule has 0 saturated heterocycles. The molecule has 8 heteroatoms. The van der Waals surface area contributed by atoms with Gasteiger partial charge in [-0.25, -0.2) is 4.68 Å². The number of hydrogen-bond donors (Lipinski definition) is 0. The van der Waals surface area contributed by atoms with Crippen molar-refractivity contribution in [3.05, 3.63) is 28.3 Å². The van der Waals surface area contributed by atoms with Crippen molar-refractivity contribution in [2.24, 2.45) is 0 Å². The third kappa shape index (κ3) is 5.02. The fourth-order valence-electron chi connectivity index (χ4n) is 2.53. The maximum Gasteiger partial charge on any atom is 0.325 e. The molecule has 2 rings (SSSR count). The van der Waals surface area contributed by atoms with E-state index in [1.165, 1.54) is 4.68 Å². The summed E-state index contributed by atoms with van der Waals surface area (Å²) in [4.78, 5) is 24.4. The lowest BCUT2D eigenvalue weighted by molar-refractivity contribution is -0.143. The molecule has 0 aliphatic rings. The number of carbonyl (C=O) groups excluding carboxylic acids is 1. The zero-order valence-electron chi connectivity index (χ0n) is 15.7. The quantitative estimate of drug-likeness (QED) is 0.408. The molecular weight excluding hydrogens is 338 g/mol. The third-order valence-corrected chi connectivity index (χ3v) is 5.60. The van der Waals surface area contributed by atoms with Crippen LogP contribution in [0.15, 0.2) is 17.2 Å². The van der Waals surface area contributed by atoms with E-state index >= 15 is 0 Å². The van der Waals surface area contributed by atoms with Crippen LogP contribution in [-0.2, 0) is 27.5 Å². The van der Waals surface area contributed by atoms with E-state index in [0.717, 1.165) is 11.6 Å². The van der Waals surface area contributed by atoms with Crippen molar-refractivity contribution in [2.45, 2.75) is 52.8 Å². The molecule has 7 nitrogen and oxygen atoms in total. The molecule has 25 heavy (non-hydrogen) atoms. The monoisotopic (exact) mass is 365 g/mol. The largest absolute Gasteiger partial charge is 0.465 e. The Balaban J connectivity index is 2.18. The van der Waals surface area contributed by atoms with Crippen LogP contribution < -0.4 is 5.56 Å². The molecule has 0 atom stereocenters. The summed E-state index contributed by atoms with van der Waals surface area (Å²) < 4.78 is 13.6. The number of carbonyl (C=O) groups is 1. The molecule has 0 unspecified atom stereocenters. The Morgan fingerprint density at radius 2 is 2.04 bits per heavy atom. The second-order valence-electron chi connectivity index (χ2n) is 7.30. The van der Waals surface area contributed by atoms with E-state index in [-0.39, 0.29) is 24.8 Å². The van der Waals surface area contributed by atoms with Gasteiger partial charge in [-0.3, -0.25) is 9.59 Å². The van der Waals surface area contributed by atoms with Gasteiger partial charge in [-0.1, -0.05) is 19.6 Å². The van der Waals surface area contributed by atoms with Crippen LogP contribution in [0.5, 0.6) is 0 Å². The fourth-order valence-corrected chi connectivity index (χ4v) is 3.29. The number of aryl methyl sites for hydroxylation is 1. The minimum absolute atomic E-state index is 0.0655. The number of fused-ring (bicyclic) bond motifs is 1. The number of nitrogens with zero attached hydrogens (tertiary/aromatic N) is 3. The molecule has 2 aromatic heterocycles. The minimum atomic E-state index is -1.16. The lowest BCUT2D eigenvalue weighted by atomic mass is 10.2. The van der Waals surface area contributed by atoms with E-state index in [9.17, 15) is 9.59 Å². The highest BCUT2D eigenvalue weighted by atomic mass is 28.3. The predicted octanol–water partition coefficient (Wildman–Crippen LogP) is 2.38. The molecule has 0 aliphatic carbocycles. The highest BCUT2D eigenvalue weighted by Gasteiger charge is 2.15. The molecular formula is C17H27N3O4Si. The molecule has 0 radical (unpaired) electrons. The highest BCUT2D eigenvalue weighted by molar-refractivity contribution is 6.76. The van der Waals surface area contributed by atoms with Gasteiger partial charge in [0.1, 0.15) is 13.3 Å². The molecule has 0 fully saturated rings. The van der Waals surface area contributed by atoms with E-state index in [2.05, 4.69) is 24.7 Å². The molecule has 0 saturated carbocycles. The van der Waals surface area contributed by atoms with Gasteiger partial charge in [0.25, 0.3) is 5.56 Å². The second-order valence-corrected chi connectivity index (χ2v) is 12.9. The lowest BCUT2D eigenvalue weighted by Gasteiger charge is -2.15. The molecule has 2 heterocycles. The van der Waals surface area contributed by atoms with Crippen molar-refractivity contribution in [1.29, 1.82) is 0 Å². The van der Waals surface area contributed by atoms with Gasteiger partial charge in [0.15, 0.2) is 0 Å². The predicted molar refractivity (Wildman–Crippen MR) is 99.5 cm³/mol. The number of esters is 1. The Bertz CT molecular complexity index is 805. The van der Waals surface area contributed by atoms with E-state index in [4.69, 9.17) is 9.47 Å². The smallest absolute Gasteiger partial charge is 0.325 e. The van der Waals surface area contributed by atoms with E-state index in [0.29, 0.717) is 24.1 Å². The van der Waals surface area contributed by atoms with Gasteiger partial charge in [0.05, 0.1) is 23.7 Å². The average Bonchev–Trinajstić information content (AvgIpc) is 2.81. The molecule has 0 aromatic carbocycles. The number of hydrogen-bond acceptors (Lipinski definition) is 5. The number of ether oxygens (including phenoxy) is 2. The Hall–Kier alpha value is -1.93. The number of rotatable bonds is 8. The van der Waals surface area contributed by atoms with Crippen molar-refractivity contribution in [2.75, 3.05) is 13.2 Å². The normalized spacial score (nSPS) is 11.9. The first kappa shape index (κ1) is 19.4. The first-order valence-electron chi connectivity index (χ1n) is 8.52. The summed E-state index contributed by atoms with van der Waals surface area (Å²) in [6, 6.07) is 1.04. The summed E-state index contributed by atoms with van der Waals surface area (Å²) in [6.45, 7) is 11.6. The van der Waals surface area contributed by atoms with Crippen molar-refractivity contribution in [3.8, 4) is 0 Å². The van der Waals surface area contributed by atoms with Gasteiger partial charge in [-0.15, -0.1) is 0 Å². The van der Waals surface area contributed by atoms with Crippen LogP contribution in [0, 0.1) is 6.92 Å². The molecule has 0 amide bonds. The van der Waals surface area contributed by atoms with Gasteiger partial charge >= 0.3 is 5.97 Å². The van der Waals surface area contributed by atoms with Crippen LogP contribution in [0.2, 0.25) is 25.7 Å². The zero-order valence-corrected chi connectivity index (χ0v) is 16.7. The molecule has 2 aromatic rings. The second kappa shape index (κ2) is 7.96. The number of aromatic nitrogens is 3. The first-order valence-corrected chi connectivity index (χ1v) is 12.2. The van der Waals surface area contributed by atoms with E-state index < -0.39 is 8.07 Å². The van der Waals surface area contributed by atoms with Gasteiger partial charge in [0.2, 0.25) is 0 Å². The van der Waals surface area contributed by atoms with Crippen molar-refractivity contribution in [1.82, 2.24) is 14.3 Å². The summed E-state index contributed by atoms with van der Waals surface area (Å²) >= 11 is 0. The molecule has 0 bridgehead atoms. The van der Waals surface area contributed by atoms with Crippen LogP contribution in [0.25, 0.3) is 10.9 Å². The first-order chi connectivity index (χ1) is 11.7. The molecule has 0 aliphatic heterocycles. The van der Waals surface area contributed by atoms with E-state index in [1.807, 2.05) is 6.92 Å². The van der Waals surface area contributed by atoms with Crippen LogP contribution in [0.1, 0.15) is 12.5 Å². The summed E-state index contributed by atoms with van der Waals surface area (Å²) in [5.41, 5.74) is 1.24. The van der Waals surface area contributed by atoms with Gasteiger partial charge in [-0.2, -0.15) is 5.10 Å². The van der Waals surface area contributed by atoms with Crippen molar-refractivity contribution in [3.63, 3.8) is 0 Å². The highest BCUT2D eigenvalue weighted by Crippen LogP contribution is 2.16. The van der Waals surface area contributed by atoms with Gasteiger partial charge in [-0.05, 0) is 25.5 Å². The standard InChI is InChI=1S/C17H27N3O4Si/c1-6-24-15(21)11-19-10-13(2)16-14(19)9-18-20(17(16)22)12-23-7-8-25(3,4)5/h9-10H,6-8,11-12H2,1-5H3. The summed E-state index contributed by atoms with van der Waals surface area (Å²) in [6.07, 6.45) is 3.38. The lowest BCUT2D eigenvalue weighted by Crippen LogP contribution is -2.26. The van der Waals surface area contributed by atoms with Gasteiger partial charge < -0.3 is 14.0 Å². The van der Waals surface area contributed by atoms with Crippen LogP contribution in [0.4, 0.5) is 0 Å². The molecule has 138 valence electrons. The zero-order chi connectivity index (χ0) is 18.6. The summed E-state index contributed by atoms with van der Waals surface area (Å²) in [7, 11) is -1.16. The van der Waals surface area contributed by atoms with Gasteiger partial charge in [0, 0.05) is 20.9 Å². The maximum absolute atomic E-state index is 12.7. The Morgan fingerprint density at radius 3 is 2.68 bits per heavy atom.